The van der Waals surface area contributed by atoms with Crippen molar-refractivity contribution in [3.05, 3.63) is 65.6 Å². The molecule has 0 aliphatic rings. The monoisotopic (exact) mass is 352 g/mol. The van der Waals surface area contributed by atoms with Crippen molar-refractivity contribution in [2.24, 2.45) is 0 Å². The maximum Gasteiger partial charge on any atom is 0.255 e. The van der Waals surface area contributed by atoms with Crippen molar-refractivity contribution < 1.29 is 9.53 Å². The second-order valence-corrected chi connectivity index (χ2v) is 6.05. The lowest BCUT2D eigenvalue weighted by Gasteiger charge is -2.11. The third-order valence-corrected chi connectivity index (χ3v) is 4.07. The molecule has 0 bridgehead atoms. The van der Waals surface area contributed by atoms with Gasteiger partial charge in [-0.2, -0.15) is 0 Å². The molecule has 26 heavy (non-hydrogen) atoms. The zero-order valence-electron chi connectivity index (χ0n) is 15.2. The summed E-state index contributed by atoms with van der Waals surface area (Å²) >= 11 is 0. The van der Waals surface area contributed by atoms with Gasteiger partial charge in [0, 0.05) is 25.5 Å². The number of likely N-dealkylation sites (N-methyl/N-ethyl adjacent to an activating group) is 1. The van der Waals surface area contributed by atoms with E-state index in [1.165, 1.54) is 0 Å². The Balaban J connectivity index is 1.67. The van der Waals surface area contributed by atoms with Crippen LogP contribution in [0.5, 0.6) is 5.75 Å². The van der Waals surface area contributed by atoms with Gasteiger partial charge in [-0.15, -0.1) is 0 Å². The first kappa shape index (κ1) is 17.9. The number of carbonyl (C=O) groups excluding carboxylic acids is 1. The lowest BCUT2D eigenvalue weighted by atomic mass is 10.2. The Kier molecular flexibility index (Phi) is 5.86. The number of imidazole rings is 1. The summed E-state index contributed by atoms with van der Waals surface area (Å²) < 4.78 is 7.87. The summed E-state index contributed by atoms with van der Waals surface area (Å²) in [6.07, 6.45) is 3.91. The van der Waals surface area contributed by atoms with Crippen LogP contribution in [0.2, 0.25) is 0 Å². The first-order valence-corrected chi connectivity index (χ1v) is 8.83. The second kappa shape index (κ2) is 8.49. The van der Waals surface area contributed by atoms with Crippen LogP contribution in [0.15, 0.2) is 48.8 Å². The Morgan fingerprint density at radius 3 is 2.85 bits per heavy atom. The summed E-state index contributed by atoms with van der Waals surface area (Å²) in [5.41, 5.74) is 3.38. The summed E-state index contributed by atoms with van der Waals surface area (Å²) in [6.45, 7) is 6.57. The normalized spacial score (nSPS) is 10.8. The van der Waals surface area contributed by atoms with Crippen molar-refractivity contribution in [1.29, 1.82) is 0 Å². The number of amides is 1. The molecule has 0 spiro atoms. The van der Waals surface area contributed by atoms with Gasteiger partial charge in [-0.25, -0.2) is 4.98 Å². The van der Waals surface area contributed by atoms with Gasteiger partial charge in [0.2, 0.25) is 0 Å². The van der Waals surface area contributed by atoms with Gasteiger partial charge in [0.05, 0.1) is 11.3 Å². The summed E-state index contributed by atoms with van der Waals surface area (Å²) in [7, 11) is 0. The fourth-order valence-corrected chi connectivity index (χ4v) is 2.74. The van der Waals surface area contributed by atoms with Gasteiger partial charge in [-0.3, -0.25) is 4.79 Å². The lowest BCUT2D eigenvalue weighted by molar-refractivity contribution is 0.0949. The Bertz CT molecular complexity index is 888. The standard InChI is InChI=1S/C20H24N4O2/c1-3-21-10-11-22-20(25)17-8-4-5-9-18(17)26-14-16-13-24-12-6-7-15(2)19(24)23-16/h4-9,12-13,21H,3,10-11,14H2,1-2H3,(H,22,25). The van der Waals surface area contributed by atoms with Crippen LogP contribution in [0, 0.1) is 6.92 Å². The molecule has 136 valence electrons. The highest BCUT2D eigenvalue weighted by molar-refractivity contribution is 5.96. The number of benzene rings is 1. The first-order valence-electron chi connectivity index (χ1n) is 8.83. The molecule has 0 aliphatic carbocycles. The maximum absolute atomic E-state index is 12.4. The topological polar surface area (TPSA) is 67.7 Å². The predicted molar refractivity (Wildman–Crippen MR) is 102 cm³/mol. The Morgan fingerprint density at radius 2 is 2.04 bits per heavy atom. The van der Waals surface area contributed by atoms with Crippen molar-refractivity contribution in [2.45, 2.75) is 20.5 Å². The molecule has 0 aliphatic heterocycles. The van der Waals surface area contributed by atoms with Gasteiger partial charge in [0.25, 0.3) is 5.91 Å². The summed E-state index contributed by atoms with van der Waals surface area (Å²) in [6, 6.07) is 11.3. The number of carbonyl (C=O) groups is 1. The number of fused-ring (bicyclic) bond motifs is 1. The van der Waals surface area contributed by atoms with E-state index in [-0.39, 0.29) is 5.91 Å². The molecular weight excluding hydrogens is 328 g/mol. The van der Waals surface area contributed by atoms with E-state index in [9.17, 15) is 4.79 Å². The highest BCUT2D eigenvalue weighted by Gasteiger charge is 2.12. The largest absolute Gasteiger partial charge is 0.486 e. The number of pyridine rings is 1. The van der Waals surface area contributed by atoms with E-state index in [0.29, 0.717) is 24.5 Å². The molecule has 0 unspecified atom stereocenters. The molecule has 0 atom stereocenters. The van der Waals surface area contributed by atoms with Crippen LogP contribution in [-0.2, 0) is 6.61 Å². The van der Waals surface area contributed by atoms with Gasteiger partial charge in [-0.1, -0.05) is 25.1 Å². The fraction of sp³-hybridized carbons (Fsp3) is 0.300. The molecule has 0 fully saturated rings. The van der Waals surface area contributed by atoms with E-state index in [2.05, 4.69) is 15.6 Å². The number of para-hydroxylation sites is 1. The van der Waals surface area contributed by atoms with Gasteiger partial charge in [-0.05, 0) is 37.2 Å². The molecular formula is C20H24N4O2. The van der Waals surface area contributed by atoms with E-state index in [1.54, 1.807) is 12.1 Å². The highest BCUT2D eigenvalue weighted by atomic mass is 16.5. The number of nitrogens with one attached hydrogen (secondary N) is 2. The van der Waals surface area contributed by atoms with Crippen LogP contribution >= 0.6 is 0 Å². The molecule has 2 heterocycles. The van der Waals surface area contributed by atoms with Crippen LogP contribution in [0.4, 0.5) is 0 Å². The van der Waals surface area contributed by atoms with Crippen LogP contribution in [-0.4, -0.2) is 34.9 Å². The quantitative estimate of drug-likeness (QED) is 0.612. The minimum Gasteiger partial charge on any atom is -0.486 e. The maximum atomic E-state index is 12.4. The summed E-state index contributed by atoms with van der Waals surface area (Å²) in [5, 5.41) is 6.08. The van der Waals surface area contributed by atoms with E-state index in [1.807, 2.05) is 54.9 Å². The third-order valence-electron chi connectivity index (χ3n) is 4.07. The zero-order valence-corrected chi connectivity index (χ0v) is 15.2. The summed E-state index contributed by atoms with van der Waals surface area (Å²) in [5.74, 6) is 0.423. The minimum absolute atomic E-state index is 0.135. The average molecular weight is 352 g/mol. The fourth-order valence-electron chi connectivity index (χ4n) is 2.74. The lowest BCUT2D eigenvalue weighted by Crippen LogP contribution is -2.31. The smallest absolute Gasteiger partial charge is 0.255 e. The molecule has 0 saturated heterocycles. The third kappa shape index (κ3) is 4.21. The molecule has 1 amide bonds. The van der Waals surface area contributed by atoms with Crippen LogP contribution < -0.4 is 15.4 Å². The Labute approximate surface area is 153 Å². The molecule has 3 aromatic rings. The van der Waals surface area contributed by atoms with Crippen molar-refractivity contribution in [1.82, 2.24) is 20.0 Å². The second-order valence-electron chi connectivity index (χ2n) is 6.05. The van der Waals surface area contributed by atoms with Crippen molar-refractivity contribution in [3.63, 3.8) is 0 Å². The van der Waals surface area contributed by atoms with E-state index in [0.717, 1.165) is 30.0 Å². The summed E-state index contributed by atoms with van der Waals surface area (Å²) in [4.78, 5) is 17.0. The van der Waals surface area contributed by atoms with Crippen LogP contribution in [0.25, 0.3) is 5.65 Å². The molecule has 3 rings (SSSR count). The molecule has 2 aromatic heterocycles. The number of hydrogen-bond donors (Lipinski definition) is 2. The van der Waals surface area contributed by atoms with Gasteiger partial charge < -0.3 is 19.8 Å². The van der Waals surface area contributed by atoms with Crippen molar-refractivity contribution in [2.75, 3.05) is 19.6 Å². The van der Waals surface area contributed by atoms with E-state index >= 15 is 0 Å². The van der Waals surface area contributed by atoms with E-state index in [4.69, 9.17) is 4.74 Å². The number of hydrogen-bond acceptors (Lipinski definition) is 4. The first-order chi connectivity index (χ1) is 12.7. The van der Waals surface area contributed by atoms with Gasteiger partial charge in [0.1, 0.15) is 18.0 Å². The molecule has 6 heteroatoms. The molecule has 2 N–H and O–H groups in total. The average Bonchev–Trinajstić information content (AvgIpc) is 3.08. The van der Waals surface area contributed by atoms with Gasteiger partial charge in [0.15, 0.2) is 0 Å². The van der Waals surface area contributed by atoms with Crippen LogP contribution in [0.3, 0.4) is 0 Å². The Hall–Kier alpha value is -2.86. The molecule has 1 aromatic carbocycles. The van der Waals surface area contributed by atoms with E-state index < -0.39 is 0 Å². The van der Waals surface area contributed by atoms with Crippen molar-refractivity contribution >= 4 is 11.6 Å². The molecule has 0 radical (unpaired) electrons. The van der Waals surface area contributed by atoms with Crippen molar-refractivity contribution in [3.8, 4) is 5.75 Å². The highest BCUT2D eigenvalue weighted by Crippen LogP contribution is 2.19. The molecule has 6 nitrogen and oxygen atoms in total. The SMILES string of the molecule is CCNCCNC(=O)c1ccccc1OCc1cn2cccc(C)c2n1. The minimum atomic E-state index is -0.135. The van der Waals surface area contributed by atoms with Gasteiger partial charge >= 0.3 is 0 Å². The number of aryl methyl sites for hydroxylation is 1. The number of aromatic nitrogens is 2. The zero-order chi connectivity index (χ0) is 18.4. The number of nitrogens with zero attached hydrogens (tertiary/aromatic N) is 2. The Morgan fingerprint density at radius 1 is 1.19 bits per heavy atom. The van der Waals surface area contributed by atoms with Crippen LogP contribution in [0.1, 0.15) is 28.5 Å². The molecule has 0 saturated carbocycles. The number of ether oxygens (including phenoxy) is 1. The number of rotatable bonds is 8. The predicted octanol–water partition coefficient (Wildman–Crippen LogP) is 2.56.